The van der Waals surface area contributed by atoms with Gasteiger partial charge in [0.25, 0.3) is 0 Å². The fraction of sp³-hybridized carbons (Fsp3) is 0.417. The van der Waals surface area contributed by atoms with Crippen molar-refractivity contribution in [3.05, 3.63) is 29.8 Å². The second-order valence-electron chi connectivity index (χ2n) is 3.62. The van der Waals surface area contributed by atoms with Crippen LogP contribution in [0.4, 0.5) is 0 Å². The molecule has 1 aliphatic rings. The number of benzene rings is 1. The van der Waals surface area contributed by atoms with E-state index in [2.05, 4.69) is 6.07 Å². The van der Waals surface area contributed by atoms with Crippen molar-refractivity contribution in [2.75, 3.05) is 6.61 Å². The summed E-state index contributed by atoms with van der Waals surface area (Å²) in [6.07, 6.45) is 3.63. The Hall–Kier alpha value is -1.31. The Morgan fingerprint density at radius 2 is 2.29 bits per heavy atom. The molecule has 0 aliphatic carbocycles. The summed E-state index contributed by atoms with van der Waals surface area (Å²) in [5.74, 6) is 1.50. The van der Waals surface area contributed by atoms with Gasteiger partial charge in [-0.2, -0.15) is 0 Å². The molecule has 0 amide bonds. The Kier molecular flexibility index (Phi) is 2.82. The quantitative estimate of drug-likeness (QED) is 0.684. The maximum Gasteiger partial charge on any atom is 0.122 e. The molecule has 74 valence electrons. The number of rotatable bonds is 3. The standard InChI is InChI=1S/C12H14O2/c13-8-3-4-10-7-9-14-12-6-2-1-5-11(10)12/h1-2,5-6,8,10H,3-4,7,9H2. The van der Waals surface area contributed by atoms with Crippen molar-refractivity contribution in [3.8, 4) is 5.75 Å². The van der Waals surface area contributed by atoms with Crippen LogP contribution in [-0.4, -0.2) is 12.9 Å². The van der Waals surface area contributed by atoms with Gasteiger partial charge in [0, 0.05) is 6.42 Å². The molecule has 1 unspecified atom stereocenters. The van der Waals surface area contributed by atoms with Crippen molar-refractivity contribution in [1.29, 1.82) is 0 Å². The number of para-hydroxylation sites is 1. The highest BCUT2D eigenvalue weighted by Crippen LogP contribution is 2.35. The SMILES string of the molecule is O=CCCC1CCOc2ccccc21. The number of hydrogen-bond acceptors (Lipinski definition) is 2. The first-order valence-corrected chi connectivity index (χ1v) is 5.07. The lowest BCUT2D eigenvalue weighted by atomic mass is 9.89. The first-order valence-electron chi connectivity index (χ1n) is 5.07. The van der Waals surface area contributed by atoms with Crippen LogP contribution in [0.25, 0.3) is 0 Å². The van der Waals surface area contributed by atoms with Gasteiger partial charge in [0.2, 0.25) is 0 Å². The largest absolute Gasteiger partial charge is 0.493 e. The lowest BCUT2D eigenvalue weighted by molar-refractivity contribution is -0.108. The number of aldehydes is 1. The van der Waals surface area contributed by atoms with Crippen molar-refractivity contribution in [3.63, 3.8) is 0 Å². The molecule has 0 spiro atoms. The summed E-state index contributed by atoms with van der Waals surface area (Å²) in [6, 6.07) is 8.12. The maximum atomic E-state index is 10.3. The Morgan fingerprint density at radius 3 is 3.14 bits per heavy atom. The third-order valence-corrected chi connectivity index (χ3v) is 2.72. The van der Waals surface area contributed by atoms with E-state index in [-0.39, 0.29) is 0 Å². The van der Waals surface area contributed by atoms with E-state index >= 15 is 0 Å². The molecule has 1 aromatic carbocycles. The third kappa shape index (κ3) is 1.79. The van der Waals surface area contributed by atoms with E-state index in [1.807, 2.05) is 18.2 Å². The molecule has 1 aliphatic heterocycles. The van der Waals surface area contributed by atoms with Crippen LogP contribution in [0.15, 0.2) is 24.3 Å². The minimum Gasteiger partial charge on any atom is -0.493 e. The van der Waals surface area contributed by atoms with Crippen molar-refractivity contribution in [2.24, 2.45) is 0 Å². The predicted molar refractivity (Wildman–Crippen MR) is 54.6 cm³/mol. The van der Waals surface area contributed by atoms with Gasteiger partial charge in [-0.05, 0) is 30.4 Å². The molecule has 1 atom stereocenters. The first kappa shape index (κ1) is 9.25. The molecule has 0 fully saturated rings. The van der Waals surface area contributed by atoms with Crippen LogP contribution in [0.3, 0.4) is 0 Å². The molecule has 14 heavy (non-hydrogen) atoms. The Bertz CT molecular complexity index is 320. The number of ether oxygens (including phenoxy) is 1. The molecule has 0 aromatic heterocycles. The van der Waals surface area contributed by atoms with Gasteiger partial charge in [-0.25, -0.2) is 0 Å². The second kappa shape index (κ2) is 4.27. The van der Waals surface area contributed by atoms with Gasteiger partial charge >= 0.3 is 0 Å². The first-order chi connectivity index (χ1) is 6.92. The van der Waals surface area contributed by atoms with Gasteiger partial charge in [-0.3, -0.25) is 0 Å². The fourth-order valence-corrected chi connectivity index (χ4v) is 1.98. The van der Waals surface area contributed by atoms with E-state index in [0.29, 0.717) is 12.3 Å². The van der Waals surface area contributed by atoms with Crippen molar-refractivity contribution in [2.45, 2.75) is 25.2 Å². The van der Waals surface area contributed by atoms with Crippen LogP contribution in [0.1, 0.15) is 30.7 Å². The van der Waals surface area contributed by atoms with Crippen molar-refractivity contribution in [1.82, 2.24) is 0 Å². The molecule has 0 N–H and O–H groups in total. The summed E-state index contributed by atoms with van der Waals surface area (Å²) >= 11 is 0. The highest BCUT2D eigenvalue weighted by molar-refractivity contribution is 5.49. The molecule has 2 heteroatoms. The molecule has 0 saturated heterocycles. The van der Waals surface area contributed by atoms with Gasteiger partial charge in [0.05, 0.1) is 6.61 Å². The van der Waals surface area contributed by atoms with E-state index in [1.165, 1.54) is 5.56 Å². The highest BCUT2D eigenvalue weighted by Gasteiger charge is 2.19. The van der Waals surface area contributed by atoms with Gasteiger partial charge in [0.15, 0.2) is 0 Å². The molecule has 2 rings (SSSR count). The van der Waals surface area contributed by atoms with E-state index in [0.717, 1.165) is 31.5 Å². The zero-order chi connectivity index (χ0) is 9.80. The van der Waals surface area contributed by atoms with Gasteiger partial charge in [0.1, 0.15) is 12.0 Å². The van der Waals surface area contributed by atoms with E-state index in [1.54, 1.807) is 0 Å². The minimum atomic E-state index is 0.505. The summed E-state index contributed by atoms with van der Waals surface area (Å²) in [4.78, 5) is 10.3. The topological polar surface area (TPSA) is 26.3 Å². The van der Waals surface area contributed by atoms with Crippen LogP contribution in [-0.2, 0) is 4.79 Å². The molecular weight excluding hydrogens is 176 g/mol. The molecule has 1 aromatic rings. The molecule has 2 nitrogen and oxygen atoms in total. The zero-order valence-corrected chi connectivity index (χ0v) is 8.11. The van der Waals surface area contributed by atoms with Crippen molar-refractivity contribution < 1.29 is 9.53 Å². The molecule has 0 saturated carbocycles. The van der Waals surface area contributed by atoms with Crippen LogP contribution < -0.4 is 4.74 Å². The maximum absolute atomic E-state index is 10.3. The van der Waals surface area contributed by atoms with Crippen LogP contribution in [0.2, 0.25) is 0 Å². The van der Waals surface area contributed by atoms with Crippen LogP contribution in [0, 0.1) is 0 Å². The molecular formula is C12H14O2. The Labute approximate surface area is 83.9 Å². The van der Waals surface area contributed by atoms with Crippen LogP contribution in [0.5, 0.6) is 5.75 Å². The highest BCUT2D eigenvalue weighted by atomic mass is 16.5. The summed E-state index contributed by atoms with van der Waals surface area (Å²) in [7, 11) is 0. The normalized spacial score (nSPS) is 19.6. The minimum absolute atomic E-state index is 0.505. The lowest BCUT2D eigenvalue weighted by Crippen LogP contribution is -2.14. The number of carbonyl (C=O) groups excluding carboxylic acids is 1. The fourth-order valence-electron chi connectivity index (χ4n) is 1.98. The molecule has 1 heterocycles. The summed E-state index contributed by atoms with van der Waals surface area (Å²) in [6.45, 7) is 0.778. The summed E-state index contributed by atoms with van der Waals surface area (Å²) in [5.41, 5.74) is 1.26. The third-order valence-electron chi connectivity index (χ3n) is 2.72. The Morgan fingerprint density at radius 1 is 1.43 bits per heavy atom. The summed E-state index contributed by atoms with van der Waals surface area (Å²) < 4.78 is 5.55. The summed E-state index contributed by atoms with van der Waals surface area (Å²) in [5, 5.41) is 0. The number of fused-ring (bicyclic) bond motifs is 1. The van der Waals surface area contributed by atoms with Crippen LogP contribution >= 0.6 is 0 Å². The van der Waals surface area contributed by atoms with E-state index in [4.69, 9.17) is 4.74 Å². The van der Waals surface area contributed by atoms with Crippen molar-refractivity contribution >= 4 is 6.29 Å². The average molecular weight is 190 g/mol. The van der Waals surface area contributed by atoms with E-state index in [9.17, 15) is 4.79 Å². The zero-order valence-electron chi connectivity index (χ0n) is 8.11. The average Bonchev–Trinajstić information content (AvgIpc) is 2.26. The Balaban J connectivity index is 2.17. The molecule has 0 bridgehead atoms. The predicted octanol–water partition coefficient (Wildman–Crippen LogP) is 2.53. The smallest absolute Gasteiger partial charge is 0.122 e. The lowest BCUT2D eigenvalue weighted by Gasteiger charge is -2.25. The van der Waals surface area contributed by atoms with Gasteiger partial charge < -0.3 is 9.53 Å². The van der Waals surface area contributed by atoms with Gasteiger partial charge in [-0.15, -0.1) is 0 Å². The second-order valence-corrected chi connectivity index (χ2v) is 3.62. The van der Waals surface area contributed by atoms with E-state index < -0.39 is 0 Å². The molecule has 0 radical (unpaired) electrons. The monoisotopic (exact) mass is 190 g/mol. The van der Waals surface area contributed by atoms with Gasteiger partial charge in [-0.1, -0.05) is 18.2 Å². The number of carbonyl (C=O) groups is 1. The number of hydrogen-bond donors (Lipinski definition) is 0.